The summed E-state index contributed by atoms with van der Waals surface area (Å²) >= 11 is 10.0. The van der Waals surface area contributed by atoms with E-state index in [0.717, 1.165) is 12.1 Å². The van der Waals surface area contributed by atoms with Crippen LogP contribution < -0.4 is 4.74 Å². The molecule has 0 bridgehead atoms. The molecule has 2 nitrogen and oxygen atoms in total. The number of alkyl halides is 3. The fourth-order valence-corrected chi connectivity index (χ4v) is 1.89. The third kappa shape index (κ3) is 4.04. The van der Waals surface area contributed by atoms with Gasteiger partial charge in [-0.2, -0.15) is 18.2 Å². The molecule has 0 spiro atoms. The molecular formula is C14H7ClF3NOS. The quantitative estimate of drug-likeness (QED) is 0.517. The molecule has 108 valence electrons. The van der Waals surface area contributed by atoms with Crippen molar-refractivity contribution < 1.29 is 17.9 Å². The second-order valence-electron chi connectivity index (χ2n) is 3.94. The highest BCUT2D eigenvalue weighted by Crippen LogP contribution is 2.37. The van der Waals surface area contributed by atoms with Crippen LogP contribution in [0.3, 0.4) is 0 Å². The highest BCUT2D eigenvalue weighted by Gasteiger charge is 2.33. The van der Waals surface area contributed by atoms with Crippen LogP contribution in [0.15, 0.2) is 47.5 Å². The van der Waals surface area contributed by atoms with Gasteiger partial charge in [-0.25, -0.2) is 0 Å². The molecule has 0 N–H and O–H groups in total. The van der Waals surface area contributed by atoms with Crippen LogP contribution >= 0.6 is 23.8 Å². The van der Waals surface area contributed by atoms with E-state index in [1.165, 1.54) is 6.07 Å². The van der Waals surface area contributed by atoms with Gasteiger partial charge >= 0.3 is 6.18 Å². The van der Waals surface area contributed by atoms with Crippen LogP contribution in [0.25, 0.3) is 0 Å². The second kappa shape index (κ2) is 6.26. The van der Waals surface area contributed by atoms with Gasteiger partial charge in [0.1, 0.15) is 11.5 Å². The summed E-state index contributed by atoms with van der Waals surface area (Å²) in [5.41, 5.74) is -0.368. The molecule has 0 aromatic heterocycles. The molecule has 2 rings (SSSR count). The van der Waals surface area contributed by atoms with Gasteiger partial charge in [0.15, 0.2) is 0 Å². The molecule has 0 fully saturated rings. The first-order valence-electron chi connectivity index (χ1n) is 5.62. The zero-order valence-electron chi connectivity index (χ0n) is 10.3. The van der Waals surface area contributed by atoms with E-state index in [1.54, 1.807) is 24.3 Å². The Balaban J connectivity index is 2.25. The van der Waals surface area contributed by atoms with Crippen molar-refractivity contribution in [1.29, 1.82) is 0 Å². The Hall–Kier alpha value is -1.88. The molecule has 0 atom stereocenters. The Bertz CT molecular complexity index is 694. The molecular weight excluding hydrogens is 323 g/mol. The number of thiocarbonyl (C=S) groups is 1. The first-order chi connectivity index (χ1) is 9.90. The maximum absolute atomic E-state index is 12.7. The Morgan fingerprint density at radius 2 is 1.67 bits per heavy atom. The number of hydrogen-bond donors (Lipinski definition) is 0. The third-order valence-electron chi connectivity index (χ3n) is 2.49. The molecule has 0 saturated heterocycles. The number of halogens is 4. The highest BCUT2D eigenvalue weighted by atomic mass is 35.5. The smallest absolute Gasteiger partial charge is 0.417 e. The summed E-state index contributed by atoms with van der Waals surface area (Å²) < 4.78 is 43.6. The van der Waals surface area contributed by atoms with Crippen LogP contribution in [0.5, 0.6) is 11.5 Å². The standard InChI is InChI=1S/C14H7ClF3NOS/c15-13-6-5-11(7-12(13)14(16,17)18)20-10-3-1-9(2-4-10)19-8-21/h1-7H. The highest BCUT2D eigenvalue weighted by molar-refractivity contribution is 7.78. The van der Waals surface area contributed by atoms with Gasteiger partial charge in [-0.1, -0.05) is 11.6 Å². The summed E-state index contributed by atoms with van der Waals surface area (Å²) in [6, 6.07) is 9.70. The number of ether oxygens (including phenoxy) is 1. The van der Waals surface area contributed by atoms with E-state index in [2.05, 4.69) is 22.4 Å². The fourth-order valence-electron chi connectivity index (χ4n) is 1.56. The van der Waals surface area contributed by atoms with E-state index in [-0.39, 0.29) is 10.8 Å². The third-order valence-corrected chi connectivity index (χ3v) is 2.91. The van der Waals surface area contributed by atoms with E-state index < -0.39 is 11.7 Å². The van der Waals surface area contributed by atoms with Gasteiger partial charge in [-0.05, 0) is 54.7 Å². The molecule has 21 heavy (non-hydrogen) atoms. The van der Waals surface area contributed by atoms with Gasteiger partial charge in [-0.15, -0.1) is 0 Å². The summed E-state index contributed by atoms with van der Waals surface area (Å²) in [7, 11) is 0. The van der Waals surface area contributed by atoms with Crippen LogP contribution in [-0.4, -0.2) is 5.16 Å². The van der Waals surface area contributed by atoms with E-state index in [4.69, 9.17) is 16.3 Å². The van der Waals surface area contributed by atoms with Gasteiger partial charge in [0, 0.05) is 0 Å². The lowest BCUT2D eigenvalue weighted by Crippen LogP contribution is -2.05. The number of hydrogen-bond acceptors (Lipinski definition) is 3. The molecule has 0 aliphatic carbocycles. The van der Waals surface area contributed by atoms with Gasteiger partial charge in [0.25, 0.3) is 0 Å². The number of rotatable bonds is 3. The van der Waals surface area contributed by atoms with Crippen molar-refractivity contribution in [3.63, 3.8) is 0 Å². The molecule has 2 aromatic rings. The van der Waals surface area contributed by atoms with Gasteiger partial charge in [0.05, 0.1) is 21.4 Å². The largest absolute Gasteiger partial charge is 0.457 e. The summed E-state index contributed by atoms with van der Waals surface area (Å²) in [4.78, 5) is 3.76. The lowest BCUT2D eigenvalue weighted by Gasteiger charge is -2.11. The zero-order valence-corrected chi connectivity index (χ0v) is 11.9. The monoisotopic (exact) mass is 329 g/mol. The van der Waals surface area contributed by atoms with Crippen molar-refractivity contribution in [3.05, 3.63) is 53.1 Å². The number of aliphatic imine (C=N–C) groups is 1. The minimum Gasteiger partial charge on any atom is -0.457 e. The summed E-state index contributed by atoms with van der Waals surface area (Å²) in [6.07, 6.45) is -4.53. The van der Waals surface area contributed by atoms with E-state index in [0.29, 0.717) is 11.4 Å². The van der Waals surface area contributed by atoms with Crippen LogP contribution in [-0.2, 0) is 6.18 Å². The molecule has 0 radical (unpaired) electrons. The molecule has 2 aromatic carbocycles. The maximum Gasteiger partial charge on any atom is 0.417 e. The van der Waals surface area contributed by atoms with Crippen molar-refractivity contribution >= 4 is 34.7 Å². The molecule has 0 unspecified atom stereocenters. The van der Waals surface area contributed by atoms with Crippen molar-refractivity contribution in [2.45, 2.75) is 6.18 Å². The first kappa shape index (κ1) is 15.5. The van der Waals surface area contributed by atoms with E-state index in [1.807, 2.05) is 0 Å². The second-order valence-corrected chi connectivity index (χ2v) is 4.53. The lowest BCUT2D eigenvalue weighted by atomic mass is 10.2. The number of nitrogens with zero attached hydrogens (tertiary/aromatic N) is 1. The topological polar surface area (TPSA) is 21.6 Å². The first-order valence-corrected chi connectivity index (χ1v) is 6.41. The summed E-state index contributed by atoms with van der Waals surface area (Å²) in [6.45, 7) is 0. The Morgan fingerprint density at radius 1 is 1.05 bits per heavy atom. The molecule has 7 heteroatoms. The number of isothiocyanates is 1. The average molecular weight is 330 g/mol. The predicted molar refractivity (Wildman–Crippen MR) is 77.7 cm³/mol. The molecule has 0 aliphatic rings. The van der Waals surface area contributed by atoms with Crippen molar-refractivity contribution in [1.82, 2.24) is 0 Å². The summed E-state index contributed by atoms with van der Waals surface area (Å²) in [5, 5.41) is 1.84. The predicted octanol–water partition coefficient (Wildman–Crippen LogP) is 5.89. The summed E-state index contributed by atoms with van der Waals surface area (Å²) in [5.74, 6) is 0.409. The Kier molecular flexibility index (Phi) is 4.63. The minimum atomic E-state index is -4.53. The number of benzene rings is 2. The minimum absolute atomic E-state index is 0.0396. The van der Waals surface area contributed by atoms with Crippen LogP contribution in [0.2, 0.25) is 5.02 Å². The van der Waals surface area contributed by atoms with E-state index in [9.17, 15) is 13.2 Å². The van der Waals surface area contributed by atoms with Crippen LogP contribution in [0.1, 0.15) is 5.56 Å². The maximum atomic E-state index is 12.7. The zero-order chi connectivity index (χ0) is 15.5. The molecule has 0 heterocycles. The van der Waals surface area contributed by atoms with Gasteiger partial charge in [-0.3, -0.25) is 0 Å². The van der Waals surface area contributed by atoms with Crippen LogP contribution in [0.4, 0.5) is 18.9 Å². The Morgan fingerprint density at radius 3 is 2.24 bits per heavy atom. The van der Waals surface area contributed by atoms with Crippen molar-refractivity contribution in [2.75, 3.05) is 0 Å². The molecule has 0 aliphatic heterocycles. The van der Waals surface area contributed by atoms with Crippen LogP contribution in [0, 0.1) is 0 Å². The SMILES string of the molecule is FC(F)(F)c1cc(Oc2ccc(N=C=S)cc2)ccc1Cl. The molecule has 0 saturated carbocycles. The van der Waals surface area contributed by atoms with Crippen molar-refractivity contribution in [3.8, 4) is 11.5 Å². The molecule has 0 amide bonds. The normalized spacial score (nSPS) is 10.9. The van der Waals surface area contributed by atoms with E-state index >= 15 is 0 Å². The van der Waals surface area contributed by atoms with Gasteiger partial charge < -0.3 is 4.74 Å². The average Bonchev–Trinajstić information content (AvgIpc) is 2.42. The Labute approximate surface area is 128 Å². The lowest BCUT2D eigenvalue weighted by molar-refractivity contribution is -0.137. The van der Waals surface area contributed by atoms with Crippen molar-refractivity contribution in [2.24, 2.45) is 4.99 Å². The van der Waals surface area contributed by atoms with Gasteiger partial charge in [0.2, 0.25) is 0 Å². The fraction of sp³-hybridized carbons (Fsp3) is 0.0714.